The van der Waals surface area contributed by atoms with Crippen LogP contribution in [0, 0.1) is 0 Å². The molecule has 0 radical (unpaired) electrons. The van der Waals surface area contributed by atoms with Crippen molar-refractivity contribution in [2.75, 3.05) is 10.6 Å². The van der Waals surface area contributed by atoms with E-state index in [1.54, 1.807) is 4.68 Å². The van der Waals surface area contributed by atoms with Gasteiger partial charge in [-0.1, -0.05) is 18.9 Å². The maximum atomic E-state index is 11.9. The van der Waals surface area contributed by atoms with Gasteiger partial charge in [-0.2, -0.15) is 10.1 Å². The number of aromatic nitrogens is 4. The number of hydrogen-bond donors (Lipinski definition) is 4. The molecule has 1 aliphatic carbocycles. The highest BCUT2D eigenvalue weighted by molar-refractivity contribution is 6.00. The number of aryl methyl sites for hydroxylation is 1. The Labute approximate surface area is 162 Å². The van der Waals surface area contributed by atoms with Crippen LogP contribution in [0.25, 0.3) is 10.9 Å². The van der Waals surface area contributed by atoms with Crippen molar-refractivity contribution in [3.8, 4) is 0 Å². The summed E-state index contributed by atoms with van der Waals surface area (Å²) in [5, 5.41) is 11.9. The average Bonchev–Trinajstić information content (AvgIpc) is 3.05. The SMILES string of the molecule is Cn1cc2c(Nc3nc(N[C@@H]4CCCC[C@@H]4N)ncc3C(N)=O)cccc2n1. The van der Waals surface area contributed by atoms with Gasteiger partial charge in [0.1, 0.15) is 11.4 Å². The molecule has 6 N–H and O–H groups in total. The number of nitrogens with one attached hydrogen (secondary N) is 2. The Balaban J connectivity index is 1.66. The van der Waals surface area contributed by atoms with Crippen molar-refractivity contribution in [2.45, 2.75) is 37.8 Å². The fourth-order valence-electron chi connectivity index (χ4n) is 3.63. The molecule has 4 rings (SSSR count). The summed E-state index contributed by atoms with van der Waals surface area (Å²) in [4.78, 5) is 20.7. The summed E-state index contributed by atoms with van der Waals surface area (Å²) in [5.74, 6) is 0.181. The lowest BCUT2D eigenvalue weighted by Crippen LogP contribution is -2.43. The number of amides is 1. The van der Waals surface area contributed by atoms with E-state index in [-0.39, 0.29) is 17.6 Å². The Morgan fingerprint density at radius 3 is 2.89 bits per heavy atom. The summed E-state index contributed by atoms with van der Waals surface area (Å²) in [6.45, 7) is 0. The second-order valence-corrected chi connectivity index (χ2v) is 7.19. The van der Waals surface area contributed by atoms with Gasteiger partial charge in [-0.15, -0.1) is 0 Å². The first-order chi connectivity index (χ1) is 13.5. The van der Waals surface area contributed by atoms with E-state index in [9.17, 15) is 4.79 Å². The first-order valence-corrected chi connectivity index (χ1v) is 9.39. The predicted octanol–water partition coefficient (Wildman–Crippen LogP) is 1.89. The molecular weight excluding hydrogens is 356 g/mol. The highest BCUT2D eigenvalue weighted by Crippen LogP contribution is 2.27. The maximum Gasteiger partial charge on any atom is 0.254 e. The number of nitrogens with zero attached hydrogens (tertiary/aromatic N) is 4. The molecule has 0 aliphatic heterocycles. The summed E-state index contributed by atoms with van der Waals surface area (Å²) >= 11 is 0. The topological polar surface area (TPSA) is 137 Å². The summed E-state index contributed by atoms with van der Waals surface area (Å²) < 4.78 is 1.74. The van der Waals surface area contributed by atoms with Crippen molar-refractivity contribution in [2.24, 2.45) is 18.5 Å². The lowest BCUT2D eigenvalue weighted by molar-refractivity contribution is 0.100. The van der Waals surface area contributed by atoms with Crippen molar-refractivity contribution < 1.29 is 4.79 Å². The molecule has 0 spiro atoms. The van der Waals surface area contributed by atoms with Crippen LogP contribution in [0.4, 0.5) is 17.5 Å². The molecule has 1 aliphatic rings. The van der Waals surface area contributed by atoms with Crippen LogP contribution in [0.5, 0.6) is 0 Å². The summed E-state index contributed by atoms with van der Waals surface area (Å²) in [6.07, 6.45) is 7.56. The molecule has 1 aromatic carbocycles. The highest BCUT2D eigenvalue weighted by atomic mass is 16.1. The van der Waals surface area contributed by atoms with Crippen molar-refractivity contribution >= 4 is 34.3 Å². The lowest BCUT2D eigenvalue weighted by Gasteiger charge is -2.29. The van der Waals surface area contributed by atoms with E-state index in [0.29, 0.717) is 11.8 Å². The Morgan fingerprint density at radius 2 is 2.11 bits per heavy atom. The fourth-order valence-corrected chi connectivity index (χ4v) is 3.63. The molecule has 9 heteroatoms. The summed E-state index contributed by atoms with van der Waals surface area (Å²) in [7, 11) is 1.86. The molecule has 1 fully saturated rings. The normalized spacial score (nSPS) is 19.5. The molecule has 1 amide bonds. The van der Waals surface area contributed by atoms with E-state index in [1.165, 1.54) is 6.20 Å². The second kappa shape index (κ2) is 7.43. The zero-order chi connectivity index (χ0) is 19.7. The number of carbonyl (C=O) groups is 1. The maximum absolute atomic E-state index is 11.9. The monoisotopic (exact) mass is 380 g/mol. The molecule has 2 atom stereocenters. The van der Waals surface area contributed by atoms with E-state index in [1.807, 2.05) is 31.4 Å². The number of rotatable bonds is 5. The quantitative estimate of drug-likeness (QED) is 0.530. The number of hydrogen-bond acceptors (Lipinski definition) is 7. The Hall–Kier alpha value is -3.20. The molecule has 146 valence electrons. The third kappa shape index (κ3) is 3.61. The van der Waals surface area contributed by atoms with E-state index >= 15 is 0 Å². The van der Waals surface area contributed by atoms with E-state index < -0.39 is 5.91 Å². The molecule has 0 unspecified atom stereocenters. The zero-order valence-electron chi connectivity index (χ0n) is 15.7. The summed E-state index contributed by atoms with van der Waals surface area (Å²) in [5.41, 5.74) is 13.6. The van der Waals surface area contributed by atoms with Gasteiger partial charge < -0.3 is 22.1 Å². The van der Waals surface area contributed by atoms with Gasteiger partial charge in [-0.05, 0) is 25.0 Å². The van der Waals surface area contributed by atoms with Crippen LogP contribution in [0.1, 0.15) is 36.0 Å². The van der Waals surface area contributed by atoms with E-state index in [4.69, 9.17) is 11.5 Å². The van der Waals surface area contributed by atoms with Gasteiger partial charge in [-0.3, -0.25) is 9.48 Å². The van der Waals surface area contributed by atoms with Gasteiger partial charge in [0.2, 0.25) is 5.95 Å². The molecule has 3 aromatic rings. The second-order valence-electron chi connectivity index (χ2n) is 7.19. The van der Waals surface area contributed by atoms with Crippen LogP contribution >= 0.6 is 0 Å². The minimum absolute atomic E-state index is 0.0636. The van der Waals surface area contributed by atoms with Crippen molar-refractivity contribution in [3.63, 3.8) is 0 Å². The molecule has 0 saturated heterocycles. The van der Waals surface area contributed by atoms with Gasteiger partial charge in [0, 0.05) is 36.9 Å². The predicted molar refractivity (Wildman–Crippen MR) is 108 cm³/mol. The third-order valence-electron chi connectivity index (χ3n) is 5.11. The Kier molecular flexibility index (Phi) is 4.82. The third-order valence-corrected chi connectivity index (χ3v) is 5.11. The van der Waals surface area contributed by atoms with Gasteiger partial charge in [0.15, 0.2) is 0 Å². The van der Waals surface area contributed by atoms with Crippen molar-refractivity contribution in [1.82, 2.24) is 19.7 Å². The van der Waals surface area contributed by atoms with Crippen molar-refractivity contribution in [3.05, 3.63) is 36.2 Å². The van der Waals surface area contributed by atoms with Crippen LogP contribution in [-0.2, 0) is 7.05 Å². The largest absolute Gasteiger partial charge is 0.365 e. The standard InChI is InChI=1S/C19H24N8O/c1-27-10-12-14(7-4-8-15(12)26-27)23-18-11(17(21)28)9-22-19(25-18)24-16-6-3-2-5-13(16)20/h4,7-10,13,16H,2-3,5-6,20H2,1H3,(H2,21,28)(H2,22,23,24,25)/t13-,16+/m0/s1. The molecule has 1 saturated carbocycles. The van der Waals surface area contributed by atoms with Gasteiger partial charge in [0.25, 0.3) is 5.91 Å². The number of primary amides is 1. The molecule has 0 bridgehead atoms. The summed E-state index contributed by atoms with van der Waals surface area (Å²) in [6, 6.07) is 5.90. The fraction of sp³-hybridized carbons (Fsp3) is 0.368. The number of anilines is 3. The van der Waals surface area contributed by atoms with Crippen molar-refractivity contribution in [1.29, 1.82) is 0 Å². The van der Waals surface area contributed by atoms with Crippen LogP contribution in [0.3, 0.4) is 0 Å². The lowest BCUT2D eigenvalue weighted by atomic mass is 9.91. The zero-order valence-corrected chi connectivity index (χ0v) is 15.7. The first-order valence-electron chi connectivity index (χ1n) is 9.39. The first kappa shape index (κ1) is 18.2. The average molecular weight is 380 g/mol. The molecule has 2 heterocycles. The highest BCUT2D eigenvalue weighted by Gasteiger charge is 2.23. The Morgan fingerprint density at radius 1 is 1.29 bits per heavy atom. The minimum atomic E-state index is -0.596. The smallest absolute Gasteiger partial charge is 0.254 e. The number of benzene rings is 1. The van der Waals surface area contributed by atoms with Crippen LogP contribution < -0.4 is 22.1 Å². The molecule has 2 aromatic heterocycles. The molecule has 9 nitrogen and oxygen atoms in total. The van der Waals surface area contributed by atoms with E-state index in [2.05, 4.69) is 25.7 Å². The minimum Gasteiger partial charge on any atom is -0.365 e. The van der Waals surface area contributed by atoms with E-state index in [0.717, 1.165) is 42.3 Å². The molecular formula is C19H24N8O. The number of fused-ring (bicyclic) bond motifs is 1. The van der Waals surface area contributed by atoms with Gasteiger partial charge in [0.05, 0.1) is 11.2 Å². The number of carbonyl (C=O) groups excluding carboxylic acids is 1. The van der Waals surface area contributed by atoms with Gasteiger partial charge in [-0.25, -0.2) is 4.98 Å². The van der Waals surface area contributed by atoms with Crippen LogP contribution in [0.15, 0.2) is 30.6 Å². The van der Waals surface area contributed by atoms with Crippen LogP contribution in [-0.4, -0.2) is 37.7 Å². The van der Waals surface area contributed by atoms with Crippen LogP contribution in [0.2, 0.25) is 0 Å². The number of nitrogens with two attached hydrogens (primary N) is 2. The van der Waals surface area contributed by atoms with Gasteiger partial charge >= 0.3 is 0 Å². The molecule has 28 heavy (non-hydrogen) atoms. The Bertz CT molecular complexity index is 1010.